The smallest absolute Gasteiger partial charge is 0.216 e. The van der Waals surface area contributed by atoms with Gasteiger partial charge in [0.2, 0.25) is 10.0 Å². The minimum atomic E-state index is -3.14. The number of hydrogen-bond acceptors (Lipinski definition) is 3. The summed E-state index contributed by atoms with van der Waals surface area (Å²) in [4.78, 5) is 3.24. The van der Waals surface area contributed by atoms with Crippen LogP contribution in [0.1, 0.15) is 32.8 Å². The number of piperidine rings is 1. The number of H-pyrrole nitrogens is 1. The fraction of sp³-hybridized carbons (Fsp3) is 0.556. The van der Waals surface area contributed by atoms with E-state index in [9.17, 15) is 8.42 Å². The molecule has 1 aromatic carbocycles. The summed E-state index contributed by atoms with van der Waals surface area (Å²) in [5, 5.41) is 4.54. The van der Waals surface area contributed by atoms with Crippen molar-refractivity contribution >= 4 is 20.9 Å². The lowest BCUT2D eigenvalue weighted by atomic mass is 9.95. The van der Waals surface area contributed by atoms with E-state index < -0.39 is 10.0 Å². The highest BCUT2D eigenvalue weighted by Gasteiger charge is 2.33. The van der Waals surface area contributed by atoms with Crippen LogP contribution in [0.3, 0.4) is 0 Å². The molecule has 1 fully saturated rings. The molecular formula is C18H27N3O2S. The highest BCUT2D eigenvalue weighted by molar-refractivity contribution is 7.89. The van der Waals surface area contributed by atoms with Gasteiger partial charge in [-0.1, -0.05) is 19.1 Å². The number of hydrogen-bond donors (Lipinski definition) is 2. The Morgan fingerprint density at radius 1 is 1.33 bits per heavy atom. The summed E-state index contributed by atoms with van der Waals surface area (Å²) in [5.74, 6) is 0.303. The molecule has 6 heteroatoms. The molecule has 2 N–H and O–H groups in total. The quantitative estimate of drug-likeness (QED) is 0.872. The number of nitrogens with zero attached hydrogens (tertiary/aromatic N) is 1. The number of aromatic amines is 1. The van der Waals surface area contributed by atoms with E-state index in [1.807, 2.05) is 6.20 Å². The number of fused-ring (bicyclic) bond motifs is 1. The zero-order valence-electron chi connectivity index (χ0n) is 14.6. The van der Waals surface area contributed by atoms with Crippen LogP contribution < -0.4 is 5.32 Å². The van der Waals surface area contributed by atoms with Crippen LogP contribution in [-0.2, 0) is 16.6 Å². The topological polar surface area (TPSA) is 65.2 Å². The molecule has 1 aliphatic rings. The molecule has 132 valence electrons. The van der Waals surface area contributed by atoms with E-state index >= 15 is 0 Å². The zero-order valence-corrected chi connectivity index (χ0v) is 15.4. The van der Waals surface area contributed by atoms with Gasteiger partial charge in [-0.05, 0) is 43.9 Å². The molecule has 2 aromatic rings. The van der Waals surface area contributed by atoms with Crippen molar-refractivity contribution in [1.29, 1.82) is 0 Å². The molecule has 0 unspecified atom stereocenters. The first kappa shape index (κ1) is 17.5. The van der Waals surface area contributed by atoms with E-state index in [4.69, 9.17) is 0 Å². The van der Waals surface area contributed by atoms with Crippen molar-refractivity contribution in [3.63, 3.8) is 0 Å². The van der Waals surface area contributed by atoms with Crippen molar-refractivity contribution in [2.24, 2.45) is 5.92 Å². The van der Waals surface area contributed by atoms with Crippen LogP contribution in [0.25, 0.3) is 10.9 Å². The number of rotatable bonds is 5. The molecule has 0 bridgehead atoms. The van der Waals surface area contributed by atoms with Crippen LogP contribution in [-0.4, -0.2) is 42.1 Å². The van der Waals surface area contributed by atoms with Crippen LogP contribution in [0.15, 0.2) is 30.5 Å². The van der Waals surface area contributed by atoms with Gasteiger partial charge in [0.15, 0.2) is 0 Å². The Kier molecular flexibility index (Phi) is 4.99. The van der Waals surface area contributed by atoms with Crippen molar-refractivity contribution in [2.45, 2.75) is 45.0 Å². The van der Waals surface area contributed by atoms with Gasteiger partial charge in [-0.25, -0.2) is 12.7 Å². The molecule has 0 radical (unpaired) electrons. The third kappa shape index (κ3) is 3.36. The minimum Gasteiger partial charge on any atom is -0.361 e. The van der Waals surface area contributed by atoms with Gasteiger partial charge in [0.1, 0.15) is 0 Å². The fourth-order valence-electron chi connectivity index (χ4n) is 3.49. The van der Waals surface area contributed by atoms with Crippen LogP contribution in [0.2, 0.25) is 0 Å². The Bertz CT molecular complexity index is 797. The molecule has 1 aliphatic heterocycles. The number of sulfonamides is 1. The summed E-state index contributed by atoms with van der Waals surface area (Å²) < 4.78 is 26.3. The molecular weight excluding hydrogens is 322 g/mol. The summed E-state index contributed by atoms with van der Waals surface area (Å²) >= 11 is 0. The molecule has 2 heterocycles. The maximum Gasteiger partial charge on any atom is 0.216 e. The van der Waals surface area contributed by atoms with E-state index in [-0.39, 0.29) is 5.25 Å². The standard InChI is InChI=1S/C18H27N3O2S/c1-13(2)24(22,23)21-10-8-17(14(3)12-21)20-11-15-5-4-6-18-16(15)7-9-19-18/h4-7,9,13-14,17,19-20H,8,10-12H2,1-3H3/t14-,17+/m0/s1. The van der Waals surface area contributed by atoms with Crippen LogP contribution >= 0.6 is 0 Å². The van der Waals surface area contributed by atoms with Gasteiger partial charge < -0.3 is 10.3 Å². The molecule has 3 rings (SSSR count). The number of benzene rings is 1. The summed E-state index contributed by atoms with van der Waals surface area (Å²) in [6, 6.07) is 8.74. The fourth-order valence-corrected chi connectivity index (χ4v) is 4.88. The molecule has 1 saturated heterocycles. The zero-order chi connectivity index (χ0) is 17.3. The monoisotopic (exact) mass is 349 g/mol. The first-order valence-corrected chi connectivity index (χ1v) is 10.2. The van der Waals surface area contributed by atoms with Gasteiger partial charge in [0, 0.05) is 42.8 Å². The van der Waals surface area contributed by atoms with Gasteiger partial charge in [0.25, 0.3) is 0 Å². The van der Waals surface area contributed by atoms with E-state index in [0.717, 1.165) is 18.5 Å². The average Bonchev–Trinajstić information content (AvgIpc) is 3.02. The predicted molar refractivity (Wildman–Crippen MR) is 98.3 cm³/mol. The average molecular weight is 350 g/mol. The van der Waals surface area contributed by atoms with Crippen LogP contribution in [0.4, 0.5) is 0 Å². The summed E-state index contributed by atoms with van der Waals surface area (Å²) in [7, 11) is -3.14. The minimum absolute atomic E-state index is 0.303. The van der Waals surface area contributed by atoms with E-state index in [0.29, 0.717) is 25.0 Å². The van der Waals surface area contributed by atoms with Gasteiger partial charge in [-0.2, -0.15) is 0 Å². The highest BCUT2D eigenvalue weighted by Crippen LogP contribution is 2.23. The van der Waals surface area contributed by atoms with Crippen LogP contribution in [0, 0.1) is 5.92 Å². The Hall–Kier alpha value is -1.37. The molecule has 0 amide bonds. The number of nitrogens with one attached hydrogen (secondary N) is 2. The largest absolute Gasteiger partial charge is 0.361 e. The normalized spacial score (nSPS) is 23.2. The lowest BCUT2D eigenvalue weighted by molar-refractivity contribution is 0.218. The Morgan fingerprint density at radius 2 is 2.12 bits per heavy atom. The van der Waals surface area contributed by atoms with Crippen molar-refractivity contribution < 1.29 is 8.42 Å². The third-order valence-corrected chi connectivity index (χ3v) is 7.31. The maximum atomic E-state index is 12.3. The molecule has 2 atom stereocenters. The maximum absolute atomic E-state index is 12.3. The van der Waals surface area contributed by atoms with Crippen molar-refractivity contribution in [1.82, 2.24) is 14.6 Å². The molecule has 24 heavy (non-hydrogen) atoms. The second-order valence-corrected chi connectivity index (χ2v) is 9.55. The Balaban J connectivity index is 1.63. The van der Waals surface area contributed by atoms with E-state index in [2.05, 4.69) is 41.5 Å². The van der Waals surface area contributed by atoms with Gasteiger partial charge in [-0.15, -0.1) is 0 Å². The van der Waals surface area contributed by atoms with E-state index in [1.165, 1.54) is 10.9 Å². The summed E-state index contributed by atoms with van der Waals surface area (Å²) in [5.41, 5.74) is 2.43. The molecule has 0 spiro atoms. The first-order valence-electron chi connectivity index (χ1n) is 8.67. The van der Waals surface area contributed by atoms with Crippen molar-refractivity contribution in [3.05, 3.63) is 36.0 Å². The van der Waals surface area contributed by atoms with Gasteiger partial charge >= 0.3 is 0 Å². The first-order chi connectivity index (χ1) is 11.4. The predicted octanol–water partition coefficient (Wildman–Crippen LogP) is 2.71. The summed E-state index contributed by atoms with van der Waals surface area (Å²) in [6.07, 6.45) is 2.82. The van der Waals surface area contributed by atoms with Crippen molar-refractivity contribution in [2.75, 3.05) is 13.1 Å². The second kappa shape index (κ2) is 6.86. The van der Waals surface area contributed by atoms with Gasteiger partial charge in [0.05, 0.1) is 5.25 Å². The molecule has 0 aliphatic carbocycles. The molecule has 5 nitrogen and oxygen atoms in total. The van der Waals surface area contributed by atoms with Gasteiger partial charge in [-0.3, -0.25) is 0 Å². The van der Waals surface area contributed by atoms with E-state index in [1.54, 1.807) is 18.2 Å². The third-order valence-electron chi connectivity index (χ3n) is 5.06. The number of aromatic nitrogens is 1. The lowest BCUT2D eigenvalue weighted by Crippen LogP contribution is -2.51. The van der Waals surface area contributed by atoms with Crippen molar-refractivity contribution in [3.8, 4) is 0 Å². The SMILES string of the molecule is CC(C)S(=O)(=O)N1CC[C@@H](NCc2cccc3[nH]ccc23)[C@@H](C)C1. The lowest BCUT2D eigenvalue weighted by Gasteiger charge is -2.37. The Morgan fingerprint density at radius 3 is 2.83 bits per heavy atom. The second-order valence-electron chi connectivity index (χ2n) is 7.06. The molecule has 0 saturated carbocycles. The highest BCUT2D eigenvalue weighted by atomic mass is 32.2. The summed E-state index contributed by atoms with van der Waals surface area (Å²) in [6.45, 7) is 7.66. The Labute approximate surface area is 144 Å². The van der Waals surface area contributed by atoms with Crippen LogP contribution in [0.5, 0.6) is 0 Å². The molecule has 1 aromatic heterocycles.